The maximum atomic E-state index is 12.5. The Morgan fingerprint density at radius 1 is 0.960 bits per heavy atom. The van der Waals surface area contributed by atoms with Crippen molar-refractivity contribution in [3.63, 3.8) is 0 Å². The van der Waals surface area contributed by atoms with Crippen molar-refractivity contribution in [3.05, 3.63) is 64.2 Å². The van der Waals surface area contributed by atoms with Gasteiger partial charge in [0.25, 0.3) is 0 Å². The van der Waals surface area contributed by atoms with Crippen LogP contribution in [-0.4, -0.2) is 31.7 Å². The predicted octanol–water partition coefficient (Wildman–Crippen LogP) is 3.87. The molecule has 0 N–H and O–H groups in total. The van der Waals surface area contributed by atoms with Crippen LogP contribution in [0.3, 0.4) is 0 Å². The van der Waals surface area contributed by atoms with Crippen molar-refractivity contribution in [2.75, 3.05) is 5.75 Å². The van der Waals surface area contributed by atoms with Gasteiger partial charge in [0.1, 0.15) is 0 Å². The average Bonchev–Trinajstić information content (AvgIpc) is 3.06. The van der Waals surface area contributed by atoms with Gasteiger partial charge in [-0.25, -0.2) is 0 Å². The standard InChI is InChI=1S/C19H20N4OS/c1-12-5-7-16(9-14(12)3)18(24)11-25-19-20-21-22-23(19)17-8-6-13(2)15(4)10-17/h5-10H,11H2,1-4H3. The molecular formula is C19H20N4OS. The molecule has 0 saturated heterocycles. The van der Waals surface area contributed by atoms with Crippen molar-refractivity contribution in [1.29, 1.82) is 0 Å². The predicted molar refractivity (Wildman–Crippen MR) is 99.6 cm³/mol. The molecule has 0 aliphatic carbocycles. The molecule has 0 spiro atoms. The highest BCUT2D eigenvalue weighted by molar-refractivity contribution is 7.99. The van der Waals surface area contributed by atoms with Crippen molar-refractivity contribution < 1.29 is 4.79 Å². The lowest BCUT2D eigenvalue weighted by molar-refractivity contribution is 0.102. The average molecular weight is 352 g/mol. The number of aromatic nitrogens is 4. The third-order valence-corrected chi connectivity index (χ3v) is 5.26. The zero-order valence-corrected chi connectivity index (χ0v) is 15.6. The molecule has 3 rings (SSSR count). The molecule has 1 aromatic heterocycles. The summed E-state index contributed by atoms with van der Waals surface area (Å²) in [6.07, 6.45) is 0. The molecule has 0 unspecified atom stereocenters. The summed E-state index contributed by atoms with van der Waals surface area (Å²) in [4.78, 5) is 12.5. The van der Waals surface area contributed by atoms with E-state index in [-0.39, 0.29) is 5.78 Å². The van der Waals surface area contributed by atoms with Crippen molar-refractivity contribution in [1.82, 2.24) is 20.2 Å². The topological polar surface area (TPSA) is 60.7 Å². The van der Waals surface area contributed by atoms with E-state index in [1.807, 2.05) is 50.2 Å². The Balaban J connectivity index is 1.76. The highest BCUT2D eigenvalue weighted by Gasteiger charge is 2.13. The SMILES string of the molecule is Cc1ccc(C(=O)CSc2nnnn2-c2ccc(C)c(C)c2)cc1C. The first-order chi connectivity index (χ1) is 12.0. The number of thioether (sulfide) groups is 1. The van der Waals surface area contributed by atoms with Gasteiger partial charge in [-0.1, -0.05) is 30.0 Å². The molecule has 2 aromatic carbocycles. The molecule has 0 aliphatic rings. The third-order valence-electron chi connectivity index (χ3n) is 4.34. The van der Waals surface area contributed by atoms with E-state index in [9.17, 15) is 4.79 Å². The van der Waals surface area contributed by atoms with E-state index < -0.39 is 0 Å². The van der Waals surface area contributed by atoms with E-state index >= 15 is 0 Å². The highest BCUT2D eigenvalue weighted by atomic mass is 32.2. The first kappa shape index (κ1) is 17.4. The number of benzene rings is 2. The van der Waals surface area contributed by atoms with Crippen molar-refractivity contribution in [2.45, 2.75) is 32.9 Å². The minimum absolute atomic E-state index is 0.0720. The second kappa shape index (κ2) is 7.19. The Labute approximate surface area is 151 Å². The van der Waals surface area contributed by atoms with E-state index in [1.54, 1.807) is 4.68 Å². The van der Waals surface area contributed by atoms with Gasteiger partial charge in [0.05, 0.1) is 11.4 Å². The van der Waals surface area contributed by atoms with Crippen LogP contribution in [-0.2, 0) is 0 Å². The van der Waals surface area contributed by atoms with Crippen molar-refractivity contribution in [2.24, 2.45) is 0 Å². The first-order valence-electron chi connectivity index (χ1n) is 8.05. The normalized spacial score (nSPS) is 10.9. The van der Waals surface area contributed by atoms with Crippen LogP contribution in [0.2, 0.25) is 0 Å². The van der Waals surface area contributed by atoms with Crippen LogP contribution in [0.1, 0.15) is 32.6 Å². The van der Waals surface area contributed by atoms with Gasteiger partial charge in [-0.15, -0.1) is 5.10 Å². The van der Waals surface area contributed by atoms with Gasteiger partial charge in [-0.3, -0.25) is 4.79 Å². The molecule has 128 valence electrons. The lowest BCUT2D eigenvalue weighted by atomic mass is 10.0. The largest absolute Gasteiger partial charge is 0.293 e. The highest BCUT2D eigenvalue weighted by Crippen LogP contribution is 2.21. The summed E-state index contributed by atoms with van der Waals surface area (Å²) >= 11 is 1.35. The number of Topliss-reactive ketones (excluding diaryl/α,β-unsaturated/α-hetero) is 1. The van der Waals surface area contributed by atoms with Crippen molar-refractivity contribution in [3.8, 4) is 5.69 Å². The van der Waals surface area contributed by atoms with Crippen LogP contribution in [0, 0.1) is 27.7 Å². The van der Waals surface area contributed by atoms with Crippen molar-refractivity contribution >= 4 is 17.5 Å². The summed E-state index contributed by atoms with van der Waals surface area (Å²) < 4.78 is 1.67. The molecule has 5 nitrogen and oxygen atoms in total. The fraction of sp³-hybridized carbons (Fsp3) is 0.263. The summed E-state index contributed by atoms with van der Waals surface area (Å²) in [5, 5.41) is 12.5. The van der Waals surface area contributed by atoms with E-state index in [2.05, 4.69) is 29.4 Å². The number of carbonyl (C=O) groups excluding carboxylic acids is 1. The summed E-state index contributed by atoms with van der Waals surface area (Å²) in [6.45, 7) is 8.17. The van der Waals surface area contributed by atoms with Crippen LogP contribution in [0.25, 0.3) is 5.69 Å². The molecule has 0 saturated carbocycles. The second-order valence-electron chi connectivity index (χ2n) is 6.15. The maximum absolute atomic E-state index is 12.5. The quantitative estimate of drug-likeness (QED) is 0.515. The number of carbonyl (C=O) groups is 1. The molecule has 0 aliphatic heterocycles. The van der Waals surface area contributed by atoms with Crippen LogP contribution in [0.4, 0.5) is 0 Å². The van der Waals surface area contributed by atoms with Gasteiger partial charge in [0.15, 0.2) is 5.78 Å². The van der Waals surface area contributed by atoms with Gasteiger partial charge in [0, 0.05) is 5.56 Å². The van der Waals surface area contributed by atoms with E-state index in [0.29, 0.717) is 10.9 Å². The Morgan fingerprint density at radius 3 is 2.32 bits per heavy atom. The smallest absolute Gasteiger partial charge is 0.214 e. The Kier molecular flexibility index (Phi) is 4.99. The number of hydrogen-bond acceptors (Lipinski definition) is 5. The monoisotopic (exact) mass is 352 g/mol. The van der Waals surface area contributed by atoms with E-state index in [1.165, 1.54) is 28.5 Å². The zero-order valence-electron chi connectivity index (χ0n) is 14.8. The number of nitrogens with zero attached hydrogens (tertiary/aromatic N) is 4. The molecule has 0 atom stereocenters. The molecular weight excluding hydrogens is 332 g/mol. The van der Waals surface area contributed by atoms with Gasteiger partial charge < -0.3 is 0 Å². The molecule has 0 bridgehead atoms. The lowest BCUT2D eigenvalue weighted by Gasteiger charge is -2.07. The Hall–Kier alpha value is -2.47. The molecule has 25 heavy (non-hydrogen) atoms. The third kappa shape index (κ3) is 3.79. The molecule has 1 heterocycles. The Bertz CT molecular complexity index is 933. The summed E-state index contributed by atoms with van der Waals surface area (Å²) in [6, 6.07) is 11.9. The van der Waals surface area contributed by atoms with E-state index in [0.717, 1.165) is 16.8 Å². The summed E-state index contributed by atoms with van der Waals surface area (Å²) in [5.74, 6) is 0.371. The van der Waals surface area contributed by atoms with Crippen LogP contribution < -0.4 is 0 Å². The van der Waals surface area contributed by atoms with Gasteiger partial charge in [-0.05, 0) is 78.6 Å². The molecule has 6 heteroatoms. The Morgan fingerprint density at radius 2 is 1.64 bits per heavy atom. The zero-order chi connectivity index (χ0) is 18.0. The number of tetrazole rings is 1. The van der Waals surface area contributed by atoms with Crippen LogP contribution in [0.5, 0.6) is 0 Å². The molecule has 0 amide bonds. The maximum Gasteiger partial charge on any atom is 0.214 e. The fourth-order valence-corrected chi connectivity index (χ4v) is 3.20. The fourth-order valence-electron chi connectivity index (χ4n) is 2.42. The van der Waals surface area contributed by atoms with Crippen LogP contribution in [0.15, 0.2) is 41.6 Å². The lowest BCUT2D eigenvalue weighted by Crippen LogP contribution is -2.05. The van der Waals surface area contributed by atoms with Gasteiger partial charge in [-0.2, -0.15) is 4.68 Å². The molecule has 0 radical (unpaired) electrons. The number of rotatable bonds is 5. The van der Waals surface area contributed by atoms with Gasteiger partial charge in [0.2, 0.25) is 5.16 Å². The minimum atomic E-state index is 0.0720. The summed E-state index contributed by atoms with van der Waals surface area (Å²) in [5.41, 5.74) is 6.32. The number of hydrogen-bond donors (Lipinski definition) is 0. The second-order valence-corrected chi connectivity index (χ2v) is 7.10. The minimum Gasteiger partial charge on any atom is -0.293 e. The molecule has 0 fully saturated rings. The summed E-state index contributed by atoms with van der Waals surface area (Å²) in [7, 11) is 0. The number of aryl methyl sites for hydroxylation is 4. The number of ketones is 1. The van der Waals surface area contributed by atoms with E-state index in [4.69, 9.17) is 0 Å². The first-order valence-corrected chi connectivity index (χ1v) is 9.03. The van der Waals surface area contributed by atoms with Gasteiger partial charge >= 0.3 is 0 Å². The van der Waals surface area contributed by atoms with Crippen LogP contribution >= 0.6 is 11.8 Å². The molecule has 3 aromatic rings.